The van der Waals surface area contributed by atoms with E-state index >= 15 is 0 Å². The Kier molecular flexibility index (Phi) is 5.27. The van der Waals surface area contributed by atoms with Crippen LogP contribution in [0, 0.1) is 0 Å². The Labute approximate surface area is 191 Å². The molecule has 1 amide bonds. The van der Waals surface area contributed by atoms with E-state index in [2.05, 4.69) is 27.2 Å². The molecule has 2 aliphatic heterocycles. The number of halogens is 1. The molecule has 166 valence electrons. The number of nitrogens with one attached hydrogen (secondary N) is 1. The summed E-state index contributed by atoms with van der Waals surface area (Å²) in [6, 6.07) is 11.1. The van der Waals surface area contributed by atoms with E-state index in [4.69, 9.17) is 21.1 Å². The van der Waals surface area contributed by atoms with Crippen LogP contribution in [-0.2, 0) is 4.74 Å². The van der Waals surface area contributed by atoms with Crippen molar-refractivity contribution in [3.63, 3.8) is 0 Å². The lowest BCUT2D eigenvalue weighted by atomic mass is 9.91. The number of hydrogen-bond acceptors (Lipinski definition) is 7. The summed E-state index contributed by atoms with van der Waals surface area (Å²) >= 11 is 6.13. The number of piperidine rings is 1. The van der Waals surface area contributed by atoms with E-state index < -0.39 is 5.60 Å². The maximum Gasteiger partial charge on any atom is 0.415 e. The molecule has 2 aliphatic rings. The predicted octanol–water partition coefficient (Wildman–Crippen LogP) is 4.46. The first kappa shape index (κ1) is 20.8. The summed E-state index contributed by atoms with van der Waals surface area (Å²) in [5.74, 6) is 1.18. The average molecular weight is 454 g/mol. The van der Waals surface area contributed by atoms with Crippen molar-refractivity contribution < 1.29 is 14.3 Å². The van der Waals surface area contributed by atoms with Crippen molar-refractivity contribution >= 4 is 45.8 Å². The minimum atomic E-state index is -0.460. The Hall–Kier alpha value is -3.10. The highest BCUT2D eigenvalue weighted by atomic mass is 35.5. The zero-order valence-corrected chi connectivity index (χ0v) is 18.7. The van der Waals surface area contributed by atoms with Crippen molar-refractivity contribution in [3.05, 3.63) is 47.7 Å². The summed E-state index contributed by atoms with van der Waals surface area (Å²) in [6.07, 6.45) is 2.76. The van der Waals surface area contributed by atoms with Crippen LogP contribution in [0.5, 0.6) is 5.75 Å². The number of nitrogens with zero attached hydrogens (tertiary/aromatic N) is 4. The SMILES string of the molecule is COc1cc2ncnc(Nc3cccc(Cl)c3)c2cc1N1CC2(CCN(C)CC2)OC1=O. The molecule has 3 heterocycles. The van der Waals surface area contributed by atoms with E-state index in [0.717, 1.165) is 37.0 Å². The lowest BCUT2D eigenvalue weighted by molar-refractivity contribution is 0.00678. The Morgan fingerprint density at radius 2 is 2.00 bits per heavy atom. The molecular formula is C23H24ClN5O3. The van der Waals surface area contributed by atoms with Gasteiger partial charge in [0.2, 0.25) is 0 Å². The molecule has 2 aromatic carbocycles. The van der Waals surface area contributed by atoms with Crippen LogP contribution in [0.3, 0.4) is 0 Å². The van der Waals surface area contributed by atoms with Crippen molar-refractivity contribution in [1.29, 1.82) is 0 Å². The number of aromatic nitrogens is 2. The van der Waals surface area contributed by atoms with Gasteiger partial charge in [0.05, 0.1) is 24.9 Å². The molecule has 32 heavy (non-hydrogen) atoms. The summed E-state index contributed by atoms with van der Waals surface area (Å²) in [5.41, 5.74) is 1.69. The van der Waals surface area contributed by atoms with Gasteiger partial charge in [-0.15, -0.1) is 0 Å². The Morgan fingerprint density at radius 3 is 2.75 bits per heavy atom. The number of anilines is 3. The maximum atomic E-state index is 12.9. The van der Waals surface area contributed by atoms with Crippen LogP contribution < -0.4 is 15.0 Å². The van der Waals surface area contributed by atoms with E-state index in [1.807, 2.05) is 36.4 Å². The third kappa shape index (κ3) is 3.80. The lowest BCUT2D eigenvalue weighted by Gasteiger charge is -2.35. The molecule has 8 nitrogen and oxygen atoms in total. The molecule has 2 saturated heterocycles. The number of benzene rings is 2. The third-order valence-corrected chi connectivity index (χ3v) is 6.42. The van der Waals surface area contributed by atoms with Crippen molar-refractivity contribution in [2.24, 2.45) is 0 Å². The fourth-order valence-corrected chi connectivity index (χ4v) is 4.53. The van der Waals surface area contributed by atoms with Gasteiger partial charge in [0.25, 0.3) is 0 Å². The molecule has 0 atom stereocenters. The molecule has 3 aromatic rings. The highest BCUT2D eigenvalue weighted by molar-refractivity contribution is 6.30. The average Bonchev–Trinajstić information content (AvgIpc) is 3.11. The highest BCUT2D eigenvalue weighted by Crippen LogP contribution is 2.41. The largest absolute Gasteiger partial charge is 0.494 e. The number of carbonyl (C=O) groups excluding carboxylic acids is 1. The molecule has 1 spiro atoms. The van der Waals surface area contributed by atoms with Gasteiger partial charge in [-0.25, -0.2) is 14.8 Å². The fraction of sp³-hybridized carbons (Fsp3) is 0.348. The number of hydrogen-bond donors (Lipinski definition) is 1. The Bertz CT molecular complexity index is 1180. The van der Waals surface area contributed by atoms with Crippen LogP contribution in [-0.4, -0.2) is 60.4 Å². The zero-order valence-electron chi connectivity index (χ0n) is 18.0. The van der Waals surface area contributed by atoms with Crippen molar-refractivity contribution in [2.45, 2.75) is 18.4 Å². The number of amides is 1. The number of ether oxygens (including phenoxy) is 2. The van der Waals surface area contributed by atoms with Gasteiger partial charge in [-0.05, 0) is 31.3 Å². The first-order valence-corrected chi connectivity index (χ1v) is 10.9. The maximum absolute atomic E-state index is 12.9. The summed E-state index contributed by atoms with van der Waals surface area (Å²) in [6.45, 7) is 2.29. The molecule has 0 radical (unpaired) electrons. The Balaban J connectivity index is 1.53. The number of methoxy groups -OCH3 is 1. The molecule has 0 bridgehead atoms. The summed E-state index contributed by atoms with van der Waals surface area (Å²) in [7, 11) is 3.67. The molecule has 0 unspecified atom stereocenters. The number of carbonyl (C=O) groups is 1. The van der Waals surface area contributed by atoms with Gasteiger partial charge in [0.15, 0.2) is 0 Å². The van der Waals surface area contributed by atoms with Gasteiger partial charge in [0.1, 0.15) is 23.5 Å². The summed E-state index contributed by atoms with van der Waals surface area (Å²) < 4.78 is 11.5. The van der Waals surface area contributed by atoms with E-state index in [9.17, 15) is 4.79 Å². The van der Waals surface area contributed by atoms with Gasteiger partial charge in [-0.1, -0.05) is 17.7 Å². The number of likely N-dealkylation sites (tertiary alicyclic amines) is 1. The van der Waals surface area contributed by atoms with Crippen LogP contribution in [0.25, 0.3) is 10.9 Å². The van der Waals surface area contributed by atoms with E-state index in [1.165, 1.54) is 6.33 Å². The summed E-state index contributed by atoms with van der Waals surface area (Å²) in [4.78, 5) is 25.7. The molecular weight excluding hydrogens is 430 g/mol. The molecule has 0 aliphatic carbocycles. The predicted molar refractivity (Wildman–Crippen MR) is 124 cm³/mol. The second kappa shape index (κ2) is 8.11. The first-order valence-electron chi connectivity index (χ1n) is 10.5. The van der Waals surface area contributed by atoms with Gasteiger partial charge >= 0.3 is 6.09 Å². The first-order chi connectivity index (χ1) is 15.5. The fourth-order valence-electron chi connectivity index (χ4n) is 4.34. The smallest absolute Gasteiger partial charge is 0.415 e. The Morgan fingerprint density at radius 1 is 1.19 bits per heavy atom. The zero-order chi connectivity index (χ0) is 22.3. The third-order valence-electron chi connectivity index (χ3n) is 6.18. The van der Waals surface area contributed by atoms with E-state index in [-0.39, 0.29) is 6.09 Å². The standard InChI is InChI=1S/C23H24ClN5O3/c1-28-8-6-23(7-9-28)13-29(22(30)32-23)19-11-17-18(12-20(19)31-2)25-14-26-21(17)27-16-5-3-4-15(24)10-16/h3-5,10-12,14H,6-9,13H2,1-2H3,(H,25,26,27). The highest BCUT2D eigenvalue weighted by Gasteiger charge is 2.47. The van der Waals surface area contributed by atoms with Crippen molar-refractivity contribution in [1.82, 2.24) is 14.9 Å². The monoisotopic (exact) mass is 453 g/mol. The number of rotatable bonds is 4. The second-order valence-corrected chi connectivity index (χ2v) is 8.78. The van der Waals surface area contributed by atoms with Crippen LogP contribution in [0.4, 0.5) is 22.0 Å². The van der Waals surface area contributed by atoms with Crippen LogP contribution in [0.1, 0.15) is 12.8 Å². The second-order valence-electron chi connectivity index (χ2n) is 8.34. The molecule has 5 rings (SSSR count). The molecule has 0 saturated carbocycles. The van der Waals surface area contributed by atoms with Crippen molar-refractivity contribution in [2.75, 3.05) is 44.0 Å². The van der Waals surface area contributed by atoms with Gasteiger partial charge in [0, 0.05) is 48.1 Å². The minimum absolute atomic E-state index is 0.353. The molecule has 9 heteroatoms. The van der Waals surface area contributed by atoms with Crippen LogP contribution in [0.2, 0.25) is 5.02 Å². The van der Waals surface area contributed by atoms with Gasteiger partial charge in [-0.3, -0.25) is 4.90 Å². The van der Waals surface area contributed by atoms with Gasteiger partial charge in [-0.2, -0.15) is 0 Å². The van der Waals surface area contributed by atoms with Gasteiger partial charge < -0.3 is 19.7 Å². The summed E-state index contributed by atoms with van der Waals surface area (Å²) in [5, 5.41) is 4.69. The molecule has 2 fully saturated rings. The van der Waals surface area contributed by atoms with Crippen LogP contribution >= 0.6 is 11.6 Å². The van der Waals surface area contributed by atoms with E-state index in [0.29, 0.717) is 34.3 Å². The quantitative estimate of drug-likeness (QED) is 0.624. The van der Waals surface area contributed by atoms with E-state index in [1.54, 1.807) is 12.0 Å². The topological polar surface area (TPSA) is 79.8 Å². The van der Waals surface area contributed by atoms with Crippen LogP contribution in [0.15, 0.2) is 42.7 Å². The lowest BCUT2D eigenvalue weighted by Crippen LogP contribution is -2.45. The minimum Gasteiger partial charge on any atom is -0.494 e. The molecule has 1 aromatic heterocycles. The normalized spacial score (nSPS) is 18.2. The van der Waals surface area contributed by atoms with Crippen molar-refractivity contribution in [3.8, 4) is 5.75 Å². The molecule has 1 N–H and O–H groups in total. The number of fused-ring (bicyclic) bond motifs is 1.